The van der Waals surface area contributed by atoms with E-state index in [1.54, 1.807) is 0 Å². The second-order valence-corrected chi connectivity index (χ2v) is 6.20. The fourth-order valence-electron chi connectivity index (χ4n) is 2.41. The first-order chi connectivity index (χ1) is 10.4. The maximum Gasteiger partial charge on any atom is 0.165 e. The Morgan fingerprint density at radius 1 is 0.727 bits per heavy atom. The van der Waals surface area contributed by atoms with Crippen LogP contribution in [-0.2, 0) is 14.4 Å². The molecule has 0 heterocycles. The normalized spacial score (nSPS) is 11.5. The summed E-state index contributed by atoms with van der Waals surface area (Å²) >= 11 is 0. The van der Waals surface area contributed by atoms with Crippen LogP contribution in [0.15, 0.2) is 0 Å². The molecule has 0 saturated heterocycles. The fourth-order valence-corrected chi connectivity index (χ4v) is 2.41. The highest BCUT2D eigenvalue weighted by Crippen LogP contribution is 2.23. The lowest BCUT2D eigenvalue weighted by Crippen LogP contribution is -2.42. The van der Waals surface area contributed by atoms with Gasteiger partial charge in [0.05, 0.1) is 0 Å². The second-order valence-electron chi connectivity index (χ2n) is 6.20. The Kier molecular flexibility index (Phi) is 11.0. The van der Waals surface area contributed by atoms with Crippen LogP contribution in [-0.4, -0.2) is 28.1 Å². The SMILES string of the molecule is CCCCC(=O)CC(O)(CC(=O)CCCC)C(=O)CCCC. The lowest BCUT2D eigenvalue weighted by atomic mass is 9.83. The Morgan fingerprint density at radius 2 is 1.09 bits per heavy atom. The van der Waals surface area contributed by atoms with Crippen molar-refractivity contribution in [1.29, 1.82) is 0 Å². The highest BCUT2D eigenvalue weighted by Gasteiger charge is 2.38. The van der Waals surface area contributed by atoms with E-state index in [0.29, 0.717) is 19.3 Å². The average molecular weight is 312 g/mol. The molecule has 128 valence electrons. The maximum atomic E-state index is 12.3. The van der Waals surface area contributed by atoms with Crippen LogP contribution >= 0.6 is 0 Å². The number of hydrogen-bond acceptors (Lipinski definition) is 4. The highest BCUT2D eigenvalue weighted by atomic mass is 16.3. The molecule has 0 aliphatic heterocycles. The van der Waals surface area contributed by atoms with E-state index in [4.69, 9.17) is 0 Å². The van der Waals surface area contributed by atoms with E-state index in [9.17, 15) is 19.5 Å². The summed E-state index contributed by atoms with van der Waals surface area (Å²) in [5.74, 6) is -0.612. The molecular weight excluding hydrogens is 280 g/mol. The van der Waals surface area contributed by atoms with Crippen LogP contribution in [0.3, 0.4) is 0 Å². The molecule has 0 aromatic heterocycles. The number of Topliss-reactive ketones (excluding diaryl/α,β-unsaturated/α-hetero) is 3. The predicted octanol–water partition coefficient (Wildman–Crippen LogP) is 3.78. The molecule has 22 heavy (non-hydrogen) atoms. The third kappa shape index (κ3) is 8.42. The first-order valence-electron chi connectivity index (χ1n) is 8.68. The molecule has 0 unspecified atom stereocenters. The van der Waals surface area contributed by atoms with E-state index < -0.39 is 5.60 Å². The number of carbonyl (C=O) groups excluding carboxylic acids is 3. The Morgan fingerprint density at radius 3 is 1.45 bits per heavy atom. The first kappa shape index (κ1) is 21.0. The van der Waals surface area contributed by atoms with Crippen molar-refractivity contribution in [2.45, 2.75) is 97.0 Å². The molecule has 0 aromatic rings. The van der Waals surface area contributed by atoms with Crippen LogP contribution in [0.4, 0.5) is 0 Å². The Labute approximate surface area is 134 Å². The van der Waals surface area contributed by atoms with Gasteiger partial charge in [-0.3, -0.25) is 14.4 Å². The first-order valence-corrected chi connectivity index (χ1v) is 8.68. The van der Waals surface area contributed by atoms with Gasteiger partial charge in [0.2, 0.25) is 0 Å². The molecule has 4 heteroatoms. The quantitative estimate of drug-likeness (QED) is 0.530. The molecule has 1 N–H and O–H groups in total. The third-order valence-corrected chi connectivity index (χ3v) is 3.87. The van der Waals surface area contributed by atoms with Gasteiger partial charge in [0.1, 0.15) is 17.2 Å². The lowest BCUT2D eigenvalue weighted by Gasteiger charge is -2.25. The highest BCUT2D eigenvalue weighted by molar-refractivity contribution is 5.97. The zero-order chi connectivity index (χ0) is 17.0. The number of rotatable bonds is 14. The predicted molar refractivity (Wildman–Crippen MR) is 87.8 cm³/mol. The number of aliphatic hydroxyl groups is 1. The molecule has 0 bridgehead atoms. The van der Waals surface area contributed by atoms with Gasteiger partial charge in [-0.05, 0) is 19.3 Å². The summed E-state index contributed by atoms with van der Waals surface area (Å²) in [4.78, 5) is 36.2. The molecule has 0 fully saturated rings. The zero-order valence-corrected chi connectivity index (χ0v) is 14.5. The number of unbranched alkanes of at least 4 members (excludes halogenated alkanes) is 3. The second kappa shape index (κ2) is 11.5. The standard InChI is InChI=1S/C18H32O4/c1-4-7-10-15(19)13-18(22,17(21)12-9-6-3)14-16(20)11-8-5-2/h22H,4-14H2,1-3H3. The van der Waals surface area contributed by atoms with E-state index in [2.05, 4.69) is 0 Å². The molecule has 4 nitrogen and oxygen atoms in total. The molecule has 0 amide bonds. The summed E-state index contributed by atoms with van der Waals surface area (Å²) < 4.78 is 0. The molecule has 0 spiro atoms. The van der Waals surface area contributed by atoms with E-state index in [0.717, 1.165) is 32.1 Å². The summed E-state index contributed by atoms with van der Waals surface area (Å²) in [5.41, 5.74) is -1.79. The molecule has 0 saturated carbocycles. The smallest absolute Gasteiger partial charge is 0.165 e. The molecule has 0 rings (SSSR count). The van der Waals surface area contributed by atoms with E-state index >= 15 is 0 Å². The molecule has 0 atom stereocenters. The largest absolute Gasteiger partial charge is 0.381 e. The van der Waals surface area contributed by atoms with E-state index in [-0.39, 0.29) is 36.6 Å². The van der Waals surface area contributed by atoms with Crippen molar-refractivity contribution in [1.82, 2.24) is 0 Å². The van der Waals surface area contributed by atoms with Gasteiger partial charge in [-0.2, -0.15) is 0 Å². The molecule has 0 aliphatic carbocycles. The van der Waals surface area contributed by atoms with Crippen molar-refractivity contribution in [3.8, 4) is 0 Å². The molecule has 0 aromatic carbocycles. The monoisotopic (exact) mass is 312 g/mol. The molecular formula is C18H32O4. The van der Waals surface area contributed by atoms with Crippen molar-refractivity contribution in [3.63, 3.8) is 0 Å². The van der Waals surface area contributed by atoms with Gasteiger partial charge in [-0.25, -0.2) is 0 Å². The molecule has 0 aliphatic rings. The minimum absolute atomic E-state index is 0.127. The van der Waals surface area contributed by atoms with E-state index in [1.165, 1.54) is 0 Å². The number of carbonyl (C=O) groups is 3. The van der Waals surface area contributed by atoms with Crippen molar-refractivity contribution < 1.29 is 19.5 Å². The van der Waals surface area contributed by atoms with Crippen LogP contribution in [0.1, 0.15) is 91.4 Å². The maximum absolute atomic E-state index is 12.3. The van der Waals surface area contributed by atoms with Gasteiger partial charge < -0.3 is 5.11 Å². The van der Waals surface area contributed by atoms with Gasteiger partial charge in [0.25, 0.3) is 0 Å². The van der Waals surface area contributed by atoms with Crippen LogP contribution in [0.25, 0.3) is 0 Å². The van der Waals surface area contributed by atoms with Crippen LogP contribution < -0.4 is 0 Å². The number of ketones is 3. The fraction of sp³-hybridized carbons (Fsp3) is 0.833. The van der Waals surface area contributed by atoms with Crippen LogP contribution in [0, 0.1) is 0 Å². The van der Waals surface area contributed by atoms with Crippen molar-refractivity contribution >= 4 is 17.3 Å². The summed E-state index contributed by atoms with van der Waals surface area (Å²) in [7, 11) is 0. The topological polar surface area (TPSA) is 71.4 Å². The minimum Gasteiger partial charge on any atom is -0.381 e. The Bertz CT molecular complexity index is 338. The summed E-state index contributed by atoms with van der Waals surface area (Å²) in [6, 6.07) is 0. The summed E-state index contributed by atoms with van der Waals surface area (Å²) in [6.45, 7) is 5.94. The third-order valence-electron chi connectivity index (χ3n) is 3.87. The van der Waals surface area contributed by atoms with Crippen LogP contribution in [0.2, 0.25) is 0 Å². The van der Waals surface area contributed by atoms with Crippen molar-refractivity contribution in [2.24, 2.45) is 0 Å². The van der Waals surface area contributed by atoms with E-state index in [1.807, 2.05) is 20.8 Å². The molecule has 0 radical (unpaired) electrons. The van der Waals surface area contributed by atoms with Crippen LogP contribution in [0.5, 0.6) is 0 Å². The Balaban J connectivity index is 4.83. The lowest BCUT2D eigenvalue weighted by molar-refractivity contribution is -0.147. The van der Waals surface area contributed by atoms with Crippen molar-refractivity contribution in [3.05, 3.63) is 0 Å². The number of hydrogen-bond donors (Lipinski definition) is 1. The van der Waals surface area contributed by atoms with Gasteiger partial charge in [0, 0.05) is 32.1 Å². The van der Waals surface area contributed by atoms with Gasteiger partial charge >= 0.3 is 0 Å². The van der Waals surface area contributed by atoms with Crippen molar-refractivity contribution in [2.75, 3.05) is 0 Å². The average Bonchev–Trinajstić information content (AvgIpc) is 2.48. The zero-order valence-electron chi connectivity index (χ0n) is 14.5. The minimum atomic E-state index is -1.79. The van der Waals surface area contributed by atoms with Gasteiger partial charge in [-0.1, -0.05) is 40.0 Å². The summed E-state index contributed by atoms with van der Waals surface area (Å²) in [6.07, 6.45) is 5.33. The van der Waals surface area contributed by atoms with Gasteiger partial charge in [0.15, 0.2) is 5.78 Å². The van der Waals surface area contributed by atoms with Gasteiger partial charge in [-0.15, -0.1) is 0 Å². The Hall–Kier alpha value is -1.03. The summed E-state index contributed by atoms with van der Waals surface area (Å²) in [5, 5.41) is 10.7.